The van der Waals surface area contributed by atoms with E-state index >= 15 is 0 Å². The number of benzene rings is 2. The summed E-state index contributed by atoms with van der Waals surface area (Å²) < 4.78 is 0. The first-order valence-corrected chi connectivity index (χ1v) is 11.7. The Morgan fingerprint density at radius 2 is 1.73 bits per heavy atom. The van der Waals surface area contributed by atoms with Gasteiger partial charge in [0, 0.05) is 22.9 Å². The highest BCUT2D eigenvalue weighted by Gasteiger charge is 2.30. The Hall–Kier alpha value is -1.98. The van der Waals surface area contributed by atoms with Gasteiger partial charge >= 0.3 is 0 Å². The lowest BCUT2D eigenvalue weighted by molar-refractivity contribution is -0.140. The summed E-state index contributed by atoms with van der Waals surface area (Å²) in [7, 11) is 0. The highest BCUT2D eigenvalue weighted by molar-refractivity contribution is 7.99. The van der Waals surface area contributed by atoms with Gasteiger partial charge in [-0.05, 0) is 50.5 Å². The van der Waals surface area contributed by atoms with Gasteiger partial charge in [0.05, 0.1) is 5.75 Å². The summed E-state index contributed by atoms with van der Waals surface area (Å²) in [5.41, 5.74) is 1.73. The molecule has 0 spiro atoms. The molecule has 0 saturated heterocycles. The summed E-state index contributed by atoms with van der Waals surface area (Å²) in [6, 6.07) is 16.9. The van der Waals surface area contributed by atoms with E-state index in [1.807, 2.05) is 82.3 Å². The number of hydrogen-bond donors (Lipinski definition) is 1. The SMILES string of the molecule is CC[C@H](C(=O)NC(C)(C)C)N(Cc1ccccc1)C(=O)CSCc1cccc(Cl)c1. The Kier molecular flexibility index (Phi) is 9.25. The molecule has 1 atom stereocenters. The van der Waals surface area contributed by atoms with Gasteiger partial charge in [0.25, 0.3) is 0 Å². The molecule has 0 fully saturated rings. The van der Waals surface area contributed by atoms with Crippen LogP contribution in [0.4, 0.5) is 0 Å². The average molecular weight is 447 g/mol. The molecular formula is C24H31ClN2O2S. The molecule has 2 amide bonds. The fourth-order valence-corrected chi connectivity index (χ4v) is 4.19. The fraction of sp³-hybridized carbons (Fsp3) is 0.417. The van der Waals surface area contributed by atoms with Crippen LogP contribution in [0.3, 0.4) is 0 Å². The number of carbonyl (C=O) groups excluding carboxylic acids is 2. The largest absolute Gasteiger partial charge is 0.350 e. The van der Waals surface area contributed by atoms with E-state index in [2.05, 4.69) is 5.32 Å². The highest BCUT2D eigenvalue weighted by Crippen LogP contribution is 2.19. The zero-order valence-electron chi connectivity index (χ0n) is 18.2. The maximum absolute atomic E-state index is 13.2. The summed E-state index contributed by atoms with van der Waals surface area (Å²) in [5, 5.41) is 3.72. The van der Waals surface area contributed by atoms with Gasteiger partial charge < -0.3 is 10.2 Å². The van der Waals surface area contributed by atoms with Crippen LogP contribution in [0, 0.1) is 0 Å². The lowest BCUT2D eigenvalue weighted by Crippen LogP contribution is -2.53. The Morgan fingerprint density at radius 3 is 2.33 bits per heavy atom. The third-order valence-corrected chi connectivity index (χ3v) is 5.69. The van der Waals surface area contributed by atoms with E-state index in [0.29, 0.717) is 29.5 Å². The van der Waals surface area contributed by atoms with Gasteiger partial charge in [-0.2, -0.15) is 0 Å². The van der Waals surface area contributed by atoms with Crippen molar-refractivity contribution < 1.29 is 9.59 Å². The average Bonchev–Trinajstić information content (AvgIpc) is 2.67. The van der Waals surface area contributed by atoms with Gasteiger partial charge in [-0.25, -0.2) is 0 Å². The zero-order valence-corrected chi connectivity index (χ0v) is 19.7. The number of rotatable bonds is 9. The first-order valence-electron chi connectivity index (χ1n) is 10.2. The van der Waals surface area contributed by atoms with Gasteiger partial charge in [-0.3, -0.25) is 9.59 Å². The standard InChI is InChI=1S/C24H31ClN2O2S/c1-5-21(23(29)26-24(2,3)4)27(15-18-10-7-6-8-11-18)22(28)17-30-16-19-12-9-13-20(25)14-19/h6-14,21H,5,15-17H2,1-4H3,(H,26,29)/t21-/m1/s1. The molecule has 0 aromatic heterocycles. The van der Waals surface area contributed by atoms with E-state index in [9.17, 15) is 9.59 Å². The predicted molar refractivity (Wildman–Crippen MR) is 127 cm³/mol. The Labute approximate surface area is 189 Å². The molecule has 30 heavy (non-hydrogen) atoms. The lowest BCUT2D eigenvalue weighted by Gasteiger charge is -2.33. The van der Waals surface area contributed by atoms with E-state index < -0.39 is 6.04 Å². The minimum absolute atomic E-state index is 0.0400. The van der Waals surface area contributed by atoms with E-state index in [-0.39, 0.29) is 17.4 Å². The van der Waals surface area contributed by atoms with Crippen molar-refractivity contribution in [3.8, 4) is 0 Å². The van der Waals surface area contributed by atoms with Crippen LogP contribution in [0.5, 0.6) is 0 Å². The molecule has 0 aliphatic heterocycles. The smallest absolute Gasteiger partial charge is 0.243 e. The summed E-state index contributed by atoms with van der Waals surface area (Å²) in [6.07, 6.45) is 0.555. The van der Waals surface area contributed by atoms with Gasteiger partial charge in [-0.15, -0.1) is 11.8 Å². The summed E-state index contributed by atoms with van der Waals surface area (Å²) >= 11 is 7.58. The van der Waals surface area contributed by atoms with Crippen molar-refractivity contribution >= 4 is 35.2 Å². The third-order valence-electron chi connectivity index (χ3n) is 4.46. The number of nitrogens with zero attached hydrogens (tertiary/aromatic N) is 1. The van der Waals surface area contributed by atoms with Crippen LogP contribution in [-0.4, -0.2) is 34.0 Å². The molecule has 0 saturated carbocycles. The first kappa shape index (κ1) is 24.3. The third kappa shape index (κ3) is 8.04. The van der Waals surface area contributed by atoms with Crippen LogP contribution in [0.15, 0.2) is 54.6 Å². The fourth-order valence-electron chi connectivity index (χ4n) is 3.12. The van der Waals surface area contributed by atoms with Crippen LogP contribution in [0.1, 0.15) is 45.2 Å². The zero-order chi connectivity index (χ0) is 22.1. The molecule has 2 rings (SSSR count). The van der Waals surface area contributed by atoms with Crippen molar-refractivity contribution in [2.75, 3.05) is 5.75 Å². The van der Waals surface area contributed by atoms with Gasteiger partial charge in [0.1, 0.15) is 6.04 Å². The highest BCUT2D eigenvalue weighted by atomic mass is 35.5. The molecule has 6 heteroatoms. The second-order valence-corrected chi connectivity index (χ2v) is 9.72. The van der Waals surface area contributed by atoms with Crippen LogP contribution >= 0.6 is 23.4 Å². The molecular weight excluding hydrogens is 416 g/mol. The minimum Gasteiger partial charge on any atom is -0.350 e. The number of halogens is 1. The molecule has 0 aliphatic rings. The summed E-state index contributed by atoms with van der Waals surface area (Å²) in [5.74, 6) is 0.839. The van der Waals surface area contributed by atoms with Crippen LogP contribution in [0.25, 0.3) is 0 Å². The number of nitrogens with one attached hydrogen (secondary N) is 1. The maximum atomic E-state index is 13.2. The maximum Gasteiger partial charge on any atom is 0.243 e. The summed E-state index contributed by atoms with van der Waals surface area (Å²) in [6.45, 7) is 8.19. The first-order chi connectivity index (χ1) is 14.2. The molecule has 162 valence electrons. The van der Waals surface area contributed by atoms with Crippen molar-refractivity contribution in [3.63, 3.8) is 0 Å². The Morgan fingerprint density at radius 1 is 1.07 bits per heavy atom. The molecule has 1 N–H and O–H groups in total. The Balaban J connectivity index is 2.12. The molecule has 2 aromatic rings. The summed E-state index contributed by atoms with van der Waals surface area (Å²) in [4.78, 5) is 27.8. The molecule has 0 unspecified atom stereocenters. The number of hydrogen-bond acceptors (Lipinski definition) is 3. The van der Waals surface area contributed by atoms with Crippen LogP contribution < -0.4 is 5.32 Å². The predicted octanol–water partition coefficient (Wildman–Crippen LogP) is 5.30. The topological polar surface area (TPSA) is 49.4 Å². The van der Waals surface area contributed by atoms with Crippen molar-refractivity contribution in [3.05, 3.63) is 70.7 Å². The van der Waals surface area contributed by atoms with Crippen molar-refractivity contribution in [2.45, 2.75) is 58.0 Å². The number of carbonyl (C=O) groups is 2. The van der Waals surface area contributed by atoms with Gasteiger partial charge in [-0.1, -0.05) is 61.0 Å². The molecule has 4 nitrogen and oxygen atoms in total. The molecule has 0 heterocycles. The monoisotopic (exact) mass is 446 g/mol. The second kappa shape index (κ2) is 11.4. The van der Waals surface area contributed by atoms with Gasteiger partial charge in [0.2, 0.25) is 11.8 Å². The number of amides is 2. The quantitative estimate of drug-likeness (QED) is 0.568. The lowest BCUT2D eigenvalue weighted by atomic mass is 10.1. The minimum atomic E-state index is -0.510. The Bertz CT molecular complexity index is 837. The van der Waals surface area contributed by atoms with Crippen molar-refractivity contribution in [1.82, 2.24) is 10.2 Å². The van der Waals surface area contributed by atoms with E-state index in [1.165, 1.54) is 11.8 Å². The number of thioether (sulfide) groups is 1. The van der Waals surface area contributed by atoms with E-state index in [4.69, 9.17) is 11.6 Å². The van der Waals surface area contributed by atoms with Gasteiger partial charge in [0.15, 0.2) is 0 Å². The van der Waals surface area contributed by atoms with Crippen molar-refractivity contribution in [2.24, 2.45) is 0 Å². The van der Waals surface area contributed by atoms with Crippen LogP contribution in [-0.2, 0) is 21.9 Å². The molecule has 0 bridgehead atoms. The van der Waals surface area contributed by atoms with E-state index in [0.717, 1.165) is 11.1 Å². The second-order valence-electron chi connectivity index (χ2n) is 8.29. The molecule has 0 aliphatic carbocycles. The van der Waals surface area contributed by atoms with E-state index in [1.54, 1.807) is 4.90 Å². The normalized spacial score (nSPS) is 12.3. The molecule has 2 aromatic carbocycles. The van der Waals surface area contributed by atoms with Crippen molar-refractivity contribution in [1.29, 1.82) is 0 Å². The van der Waals surface area contributed by atoms with Crippen LogP contribution in [0.2, 0.25) is 5.02 Å². The molecule has 0 radical (unpaired) electrons.